The first-order valence-corrected chi connectivity index (χ1v) is 15.4. The van der Waals surface area contributed by atoms with Gasteiger partial charge in [0, 0.05) is 16.5 Å². The van der Waals surface area contributed by atoms with Gasteiger partial charge in [-0.15, -0.1) is 0 Å². The van der Waals surface area contributed by atoms with E-state index in [9.17, 15) is 0 Å². The molecule has 2 heteroatoms. The molecule has 0 saturated heterocycles. The third-order valence-electron chi connectivity index (χ3n) is 9.26. The van der Waals surface area contributed by atoms with Crippen molar-refractivity contribution >= 4 is 54.1 Å². The number of fused-ring (bicyclic) bond motifs is 6. The van der Waals surface area contributed by atoms with Crippen LogP contribution in [0.4, 0.5) is 0 Å². The lowest BCUT2D eigenvalue weighted by atomic mass is 9.85. The molecule has 0 unspecified atom stereocenters. The number of hydrogen-bond acceptors (Lipinski definition) is 1. The van der Waals surface area contributed by atoms with Crippen LogP contribution in [0.1, 0.15) is 0 Å². The van der Waals surface area contributed by atoms with Gasteiger partial charge in [-0.2, -0.15) is 0 Å². The summed E-state index contributed by atoms with van der Waals surface area (Å²) in [7, 11) is 1.71. The number of benzene rings is 8. The summed E-state index contributed by atoms with van der Waals surface area (Å²) in [5.74, 6) is 0.862. The van der Waals surface area contributed by atoms with Crippen molar-refractivity contribution in [2.24, 2.45) is 0 Å². The zero-order valence-corrected chi connectivity index (χ0v) is 24.9. The van der Waals surface area contributed by atoms with Crippen LogP contribution in [0.2, 0.25) is 0 Å². The van der Waals surface area contributed by atoms with Gasteiger partial charge in [-0.05, 0) is 97.0 Å². The molecule has 45 heavy (non-hydrogen) atoms. The summed E-state index contributed by atoms with van der Waals surface area (Å²) in [6.07, 6.45) is 0. The Kier molecular flexibility index (Phi) is 5.76. The third kappa shape index (κ3) is 3.96. The van der Waals surface area contributed by atoms with E-state index in [-0.39, 0.29) is 0 Å². The van der Waals surface area contributed by atoms with Crippen molar-refractivity contribution in [3.05, 3.63) is 158 Å². The molecule has 0 atom stereocenters. The summed E-state index contributed by atoms with van der Waals surface area (Å²) < 4.78 is 7.84. The lowest BCUT2D eigenvalue weighted by Crippen LogP contribution is -1.94. The van der Waals surface area contributed by atoms with E-state index >= 15 is 0 Å². The van der Waals surface area contributed by atoms with Crippen LogP contribution in [0.3, 0.4) is 0 Å². The minimum Gasteiger partial charge on any atom is -0.497 e. The molecule has 0 amide bonds. The average Bonchev–Trinajstić information content (AvgIpc) is 3.44. The van der Waals surface area contributed by atoms with Gasteiger partial charge in [0.15, 0.2) is 0 Å². The Labute approximate surface area is 261 Å². The summed E-state index contributed by atoms with van der Waals surface area (Å²) in [5.41, 5.74) is 8.56. The number of hydrogen-bond donors (Lipinski definition) is 0. The molecule has 9 aromatic rings. The highest BCUT2D eigenvalue weighted by Gasteiger charge is 2.17. The monoisotopic (exact) mass is 575 g/mol. The van der Waals surface area contributed by atoms with E-state index in [0.29, 0.717) is 0 Å². The minimum atomic E-state index is 0.862. The number of nitrogens with zero attached hydrogens (tertiary/aromatic N) is 1. The van der Waals surface area contributed by atoms with Gasteiger partial charge in [0.1, 0.15) is 5.75 Å². The van der Waals surface area contributed by atoms with Crippen molar-refractivity contribution in [3.8, 4) is 33.7 Å². The molecule has 0 spiro atoms. The van der Waals surface area contributed by atoms with Gasteiger partial charge in [0.2, 0.25) is 0 Å². The van der Waals surface area contributed by atoms with Crippen LogP contribution < -0.4 is 4.74 Å². The van der Waals surface area contributed by atoms with Crippen LogP contribution in [-0.2, 0) is 0 Å². The van der Waals surface area contributed by atoms with Crippen molar-refractivity contribution < 1.29 is 4.74 Å². The minimum absolute atomic E-state index is 0.862. The normalized spacial score (nSPS) is 11.7. The van der Waals surface area contributed by atoms with E-state index in [1.54, 1.807) is 7.11 Å². The molecule has 0 radical (unpaired) electrons. The number of para-hydroxylation sites is 2. The molecular weight excluding hydrogens is 546 g/mol. The van der Waals surface area contributed by atoms with Crippen LogP contribution in [0.5, 0.6) is 5.75 Å². The predicted molar refractivity (Wildman–Crippen MR) is 191 cm³/mol. The van der Waals surface area contributed by atoms with Gasteiger partial charge >= 0.3 is 0 Å². The fraction of sp³-hybridized carbons (Fsp3) is 0.0233. The maximum atomic E-state index is 5.46. The quantitative estimate of drug-likeness (QED) is 0.190. The topological polar surface area (TPSA) is 14.2 Å². The summed E-state index contributed by atoms with van der Waals surface area (Å²) >= 11 is 0. The molecule has 8 aromatic carbocycles. The summed E-state index contributed by atoms with van der Waals surface area (Å²) in [4.78, 5) is 0. The van der Waals surface area contributed by atoms with Crippen molar-refractivity contribution in [3.63, 3.8) is 0 Å². The Morgan fingerprint density at radius 3 is 1.40 bits per heavy atom. The van der Waals surface area contributed by atoms with E-state index in [0.717, 1.165) is 5.75 Å². The van der Waals surface area contributed by atoms with Crippen molar-refractivity contribution in [1.29, 1.82) is 0 Å². The zero-order valence-electron chi connectivity index (χ0n) is 24.9. The molecule has 0 fully saturated rings. The number of aromatic nitrogens is 1. The predicted octanol–water partition coefficient (Wildman–Crippen LogP) is 11.6. The van der Waals surface area contributed by atoms with Crippen LogP contribution in [-0.4, -0.2) is 11.7 Å². The van der Waals surface area contributed by atoms with Gasteiger partial charge in [-0.25, -0.2) is 0 Å². The second-order valence-electron chi connectivity index (χ2n) is 11.7. The lowest BCUT2D eigenvalue weighted by Gasteiger charge is -2.18. The van der Waals surface area contributed by atoms with Crippen molar-refractivity contribution in [1.82, 2.24) is 4.57 Å². The van der Waals surface area contributed by atoms with E-state index in [1.165, 1.54) is 82.1 Å². The molecular formula is C43H29NO. The molecule has 0 N–H and O–H groups in total. The maximum absolute atomic E-state index is 5.46. The van der Waals surface area contributed by atoms with Crippen molar-refractivity contribution in [2.45, 2.75) is 0 Å². The molecule has 1 aromatic heterocycles. The molecule has 2 nitrogen and oxygen atoms in total. The first-order valence-electron chi connectivity index (χ1n) is 15.4. The summed E-state index contributed by atoms with van der Waals surface area (Å²) in [5, 5.41) is 10.0. The largest absolute Gasteiger partial charge is 0.497 e. The highest BCUT2D eigenvalue weighted by Crippen LogP contribution is 2.44. The molecule has 1 heterocycles. The smallest absolute Gasteiger partial charge is 0.118 e. The molecule has 9 rings (SSSR count). The Bertz CT molecular complexity index is 2460. The lowest BCUT2D eigenvalue weighted by molar-refractivity contribution is 0.415. The van der Waals surface area contributed by atoms with E-state index in [4.69, 9.17) is 4.74 Å². The Hall–Kier alpha value is -5.86. The number of methoxy groups -OCH3 is 1. The zero-order chi connectivity index (χ0) is 29.9. The van der Waals surface area contributed by atoms with Crippen LogP contribution in [0.15, 0.2) is 158 Å². The van der Waals surface area contributed by atoms with Crippen LogP contribution in [0.25, 0.3) is 82.1 Å². The first-order chi connectivity index (χ1) is 22.3. The van der Waals surface area contributed by atoms with Crippen LogP contribution in [0, 0.1) is 0 Å². The molecule has 0 saturated carbocycles. The van der Waals surface area contributed by atoms with E-state index < -0.39 is 0 Å². The van der Waals surface area contributed by atoms with Gasteiger partial charge in [-0.3, -0.25) is 0 Å². The third-order valence-corrected chi connectivity index (χ3v) is 9.26. The SMILES string of the molecule is COc1ccc(-c2c3ccccc3c(-c3ccc4cc(-n5c6ccccc6c6ccccc65)ccc4c3)c3ccccc23)cc1. The maximum Gasteiger partial charge on any atom is 0.118 e. The summed E-state index contributed by atoms with van der Waals surface area (Å²) in [6.45, 7) is 0. The standard InChI is InChI=1S/C43H29NO/c1-45-33-24-21-28(22-25-33)42-36-12-2-4-14-38(36)43(39-15-5-3-13-37(39)42)31-19-18-30-27-32(23-20-29(30)26-31)44-40-16-8-6-10-34(40)35-11-7-9-17-41(35)44/h2-27H,1H3. The fourth-order valence-electron chi connectivity index (χ4n) is 7.24. The molecule has 0 aliphatic carbocycles. The van der Waals surface area contributed by atoms with Gasteiger partial charge in [0.25, 0.3) is 0 Å². The highest BCUT2D eigenvalue weighted by atomic mass is 16.5. The molecule has 0 aliphatic heterocycles. The van der Waals surface area contributed by atoms with E-state index in [1.807, 2.05) is 12.1 Å². The highest BCUT2D eigenvalue weighted by molar-refractivity contribution is 6.21. The van der Waals surface area contributed by atoms with Gasteiger partial charge < -0.3 is 9.30 Å². The molecule has 0 aliphatic rings. The average molecular weight is 576 g/mol. The van der Waals surface area contributed by atoms with Crippen molar-refractivity contribution in [2.75, 3.05) is 7.11 Å². The Morgan fingerprint density at radius 1 is 0.400 bits per heavy atom. The second kappa shape index (κ2) is 10.1. The Morgan fingerprint density at radius 2 is 0.844 bits per heavy atom. The second-order valence-corrected chi connectivity index (χ2v) is 11.7. The molecule has 212 valence electrons. The molecule has 0 bridgehead atoms. The first kappa shape index (κ1) is 25.6. The van der Waals surface area contributed by atoms with Crippen LogP contribution >= 0.6 is 0 Å². The Balaban J connectivity index is 1.25. The summed E-state index contributed by atoms with van der Waals surface area (Å²) in [6, 6.07) is 57.2. The van der Waals surface area contributed by atoms with Gasteiger partial charge in [-0.1, -0.05) is 115 Å². The fourth-order valence-corrected chi connectivity index (χ4v) is 7.24. The van der Waals surface area contributed by atoms with E-state index in [2.05, 4.69) is 150 Å². The number of ether oxygens (including phenoxy) is 1. The number of rotatable bonds is 4. The van der Waals surface area contributed by atoms with Gasteiger partial charge in [0.05, 0.1) is 18.1 Å².